The number of amides is 2. The molecule has 2 unspecified atom stereocenters. The number of carboxylic acid groups (broad SMARTS) is 2. The Morgan fingerprint density at radius 2 is 1.41 bits per heavy atom. The van der Waals surface area contributed by atoms with Gasteiger partial charge in [-0.05, 0) is 0 Å². The van der Waals surface area contributed by atoms with E-state index in [0.717, 1.165) is 6.92 Å². The Balaban J connectivity index is 3.91. The molecule has 14 nitrogen and oxygen atoms in total. The summed E-state index contributed by atoms with van der Waals surface area (Å²) >= 11 is -1.46. The number of carbonyl (C=O) groups is 6. The molecule has 0 aromatic carbocycles. The molecule has 0 heterocycles. The van der Waals surface area contributed by atoms with E-state index in [2.05, 4.69) is 26.0 Å². The van der Waals surface area contributed by atoms with Crippen LogP contribution in [0.5, 0.6) is 0 Å². The Morgan fingerprint density at radius 1 is 0.828 bits per heavy atom. The molecule has 0 aromatic heterocycles. The first-order chi connectivity index (χ1) is 13.5. The topological polar surface area (TPSA) is 204 Å². The van der Waals surface area contributed by atoms with Gasteiger partial charge < -0.3 is 0 Å². The van der Waals surface area contributed by atoms with Crippen LogP contribution in [0.3, 0.4) is 0 Å². The van der Waals surface area contributed by atoms with Crippen molar-refractivity contribution in [3.8, 4) is 0 Å². The van der Waals surface area contributed by atoms with E-state index in [4.69, 9.17) is 10.2 Å². The molecule has 0 aliphatic rings. The van der Waals surface area contributed by atoms with Crippen molar-refractivity contribution in [3.63, 3.8) is 0 Å². The van der Waals surface area contributed by atoms with Gasteiger partial charge in [-0.15, -0.1) is 0 Å². The molecular weight excluding hydrogens is 515 g/mol. The summed E-state index contributed by atoms with van der Waals surface area (Å²) in [4.78, 5) is 66.4. The van der Waals surface area contributed by atoms with E-state index in [0.29, 0.717) is 0 Å². The van der Waals surface area contributed by atoms with Gasteiger partial charge in [-0.25, -0.2) is 0 Å². The second kappa shape index (κ2) is 14.2. The molecule has 0 aliphatic heterocycles. The molecule has 0 saturated carbocycles. The van der Waals surface area contributed by atoms with Gasteiger partial charge in [0.25, 0.3) is 0 Å². The van der Waals surface area contributed by atoms with Crippen molar-refractivity contribution in [2.45, 2.75) is 38.9 Å². The Hall–Kier alpha value is -2.85. The standard InChI is InChI=1S/C14H20IN2O12/c1-7(11(21)22)28-12(23)8(2)29-14(25)17-15-16-13(24)27-6-4-10(20)26-5-3-9(18)19/h7-8H,3-6H2,1-2H3,(H,16,24)(H,17,25)(H,18,19)(H,21,22)/q-1. The molecule has 15 heteroatoms. The van der Waals surface area contributed by atoms with Crippen LogP contribution in [0.2, 0.25) is 0 Å². The predicted molar refractivity (Wildman–Crippen MR) is 84.6 cm³/mol. The second-order valence-corrected chi connectivity index (χ2v) is 6.62. The minimum absolute atomic E-state index is 0.283. The quantitative estimate of drug-likeness (QED) is 0.0822. The van der Waals surface area contributed by atoms with E-state index in [9.17, 15) is 28.8 Å². The number of nitrogens with one attached hydrogen (secondary N) is 2. The summed E-state index contributed by atoms with van der Waals surface area (Å²) in [7, 11) is 0. The first kappa shape index (κ1) is 26.1. The summed E-state index contributed by atoms with van der Waals surface area (Å²) in [5, 5.41) is 17.0. The fourth-order valence-electron chi connectivity index (χ4n) is 1.23. The van der Waals surface area contributed by atoms with Crippen LogP contribution in [-0.4, -0.2) is 71.7 Å². The number of hydrogen-bond donors (Lipinski definition) is 4. The van der Waals surface area contributed by atoms with Crippen LogP contribution in [0.1, 0.15) is 26.7 Å². The summed E-state index contributed by atoms with van der Waals surface area (Å²) in [6.45, 7) is 1.69. The Bertz CT molecular complexity index is 626. The molecule has 0 aliphatic carbocycles. The minimum atomic E-state index is -1.46. The molecule has 0 aromatic rings. The van der Waals surface area contributed by atoms with Crippen molar-refractivity contribution >= 4 is 36.1 Å². The Morgan fingerprint density at radius 3 is 2.00 bits per heavy atom. The molecule has 0 spiro atoms. The third kappa shape index (κ3) is 13.9. The second-order valence-electron chi connectivity index (χ2n) is 5.00. The van der Waals surface area contributed by atoms with Gasteiger partial charge in [0.15, 0.2) is 0 Å². The fourth-order valence-corrected chi connectivity index (χ4v) is 2.09. The van der Waals surface area contributed by atoms with Crippen LogP contribution in [0, 0.1) is 0 Å². The first-order valence-corrected chi connectivity index (χ1v) is 10.0. The number of halogens is 1. The Kier molecular flexibility index (Phi) is 12.8. The zero-order chi connectivity index (χ0) is 22.4. The van der Waals surface area contributed by atoms with Crippen molar-refractivity contribution in [1.82, 2.24) is 7.06 Å². The van der Waals surface area contributed by atoms with Crippen LogP contribution < -0.4 is 28.8 Å². The number of aliphatic carboxylic acids is 2. The summed E-state index contributed by atoms with van der Waals surface area (Å²) in [6.07, 6.45) is -5.38. The van der Waals surface area contributed by atoms with Gasteiger partial charge in [0, 0.05) is 0 Å². The van der Waals surface area contributed by atoms with Crippen LogP contribution in [0.4, 0.5) is 9.59 Å². The molecule has 2 amide bonds. The number of rotatable bonds is 12. The number of ether oxygens (including phenoxy) is 4. The van der Waals surface area contributed by atoms with Gasteiger partial charge in [0.05, 0.1) is 0 Å². The molecule has 0 radical (unpaired) electrons. The molecule has 0 saturated heterocycles. The molecule has 166 valence electrons. The van der Waals surface area contributed by atoms with E-state index in [1.807, 2.05) is 0 Å². The van der Waals surface area contributed by atoms with Crippen LogP contribution >= 0.6 is 0 Å². The average molecular weight is 535 g/mol. The third-order valence-electron chi connectivity index (χ3n) is 2.62. The van der Waals surface area contributed by atoms with Gasteiger partial charge in [0.1, 0.15) is 0 Å². The van der Waals surface area contributed by atoms with Crippen LogP contribution in [0.15, 0.2) is 0 Å². The molecular formula is C14H20IN2O12-. The molecule has 2 atom stereocenters. The molecule has 0 rings (SSSR count). The van der Waals surface area contributed by atoms with Gasteiger partial charge >= 0.3 is 175 Å². The van der Waals surface area contributed by atoms with E-state index >= 15 is 0 Å². The van der Waals surface area contributed by atoms with E-state index in [1.54, 1.807) is 0 Å². The van der Waals surface area contributed by atoms with Gasteiger partial charge in [-0.3, -0.25) is 0 Å². The SMILES string of the molecule is CC(OC(=O)C(C)OC(=O)N[I-]NC(=O)OCCC(=O)OCCC(=O)O)C(=O)O. The predicted octanol–water partition coefficient (Wildman–Crippen LogP) is -3.83. The summed E-state index contributed by atoms with van der Waals surface area (Å²) < 4.78 is 22.8. The van der Waals surface area contributed by atoms with Gasteiger partial charge in [0.2, 0.25) is 0 Å². The van der Waals surface area contributed by atoms with Crippen molar-refractivity contribution in [2.75, 3.05) is 13.2 Å². The number of hydrogen-bond acceptors (Lipinski definition) is 10. The summed E-state index contributed by atoms with van der Waals surface area (Å²) in [5.41, 5.74) is 0. The maximum atomic E-state index is 11.5. The average Bonchev–Trinajstić information content (AvgIpc) is 2.60. The van der Waals surface area contributed by atoms with Gasteiger partial charge in [-0.1, -0.05) is 0 Å². The fraction of sp³-hybridized carbons (Fsp3) is 0.571. The first-order valence-electron chi connectivity index (χ1n) is 7.85. The van der Waals surface area contributed by atoms with Crippen molar-refractivity contribution in [2.24, 2.45) is 0 Å². The van der Waals surface area contributed by atoms with Crippen LogP contribution in [-0.2, 0) is 38.1 Å². The maximum absolute atomic E-state index is 11.5. The summed E-state index contributed by atoms with van der Waals surface area (Å²) in [6, 6.07) is 0. The van der Waals surface area contributed by atoms with Crippen molar-refractivity contribution in [3.05, 3.63) is 0 Å². The molecule has 29 heavy (non-hydrogen) atoms. The molecule has 0 bridgehead atoms. The number of carbonyl (C=O) groups excluding carboxylic acids is 4. The normalized spacial score (nSPS) is 12.1. The number of esters is 2. The van der Waals surface area contributed by atoms with Crippen LogP contribution in [0.25, 0.3) is 0 Å². The van der Waals surface area contributed by atoms with E-state index < -0.39 is 70.0 Å². The van der Waals surface area contributed by atoms with Crippen molar-refractivity contribution in [1.29, 1.82) is 0 Å². The van der Waals surface area contributed by atoms with Crippen molar-refractivity contribution < 1.29 is 79.7 Å². The third-order valence-corrected chi connectivity index (χ3v) is 4.04. The summed E-state index contributed by atoms with van der Waals surface area (Å²) in [5.74, 6) is -4.29. The number of carboxylic acids is 2. The molecule has 0 fully saturated rings. The van der Waals surface area contributed by atoms with E-state index in [-0.39, 0.29) is 26.1 Å². The van der Waals surface area contributed by atoms with E-state index in [1.165, 1.54) is 6.92 Å². The van der Waals surface area contributed by atoms with Gasteiger partial charge in [-0.2, -0.15) is 0 Å². The monoisotopic (exact) mass is 535 g/mol. The molecule has 4 N–H and O–H groups in total. The zero-order valence-electron chi connectivity index (χ0n) is 15.3. The Labute approximate surface area is 175 Å². The zero-order valence-corrected chi connectivity index (χ0v) is 17.5.